The Labute approximate surface area is 174 Å². The van der Waals surface area contributed by atoms with Crippen molar-refractivity contribution in [1.82, 2.24) is 15.5 Å². The number of thioether (sulfide) groups is 1. The van der Waals surface area contributed by atoms with Crippen molar-refractivity contribution >= 4 is 23.5 Å². The fourth-order valence-electron chi connectivity index (χ4n) is 2.99. The molecule has 29 heavy (non-hydrogen) atoms. The van der Waals surface area contributed by atoms with E-state index in [0.29, 0.717) is 17.5 Å². The van der Waals surface area contributed by atoms with Gasteiger partial charge in [-0.2, -0.15) is 0 Å². The molecule has 0 saturated heterocycles. The molecule has 1 atom stereocenters. The molecule has 1 amide bonds. The number of carbonyl (C=O) groups excluding carboxylic acids is 2. The largest absolute Gasteiger partial charge is 0.411 e. The quantitative estimate of drug-likeness (QED) is 0.570. The summed E-state index contributed by atoms with van der Waals surface area (Å²) in [7, 11) is 0. The Morgan fingerprint density at radius 2 is 1.76 bits per heavy atom. The lowest BCUT2D eigenvalue weighted by Gasteiger charge is -2.15. The van der Waals surface area contributed by atoms with E-state index in [2.05, 4.69) is 21.6 Å². The molecule has 0 aliphatic carbocycles. The van der Waals surface area contributed by atoms with E-state index in [4.69, 9.17) is 4.42 Å². The second-order valence-electron chi connectivity index (χ2n) is 6.96. The van der Waals surface area contributed by atoms with Crippen molar-refractivity contribution in [2.75, 3.05) is 5.75 Å². The Morgan fingerprint density at radius 3 is 2.41 bits per heavy atom. The third kappa shape index (κ3) is 6.02. The van der Waals surface area contributed by atoms with Crippen molar-refractivity contribution in [3.05, 3.63) is 65.2 Å². The third-order valence-corrected chi connectivity index (χ3v) is 5.13. The van der Waals surface area contributed by atoms with E-state index in [9.17, 15) is 9.59 Å². The molecule has 0 spiro atoms. The smallest absolute Gasteiger partial charge is 0.277 e. The molecular formula is C22H23N3O3S. The summed E-state index contributed by atoms with van der Waals surface area (Å²) in [6.45, 7) is 5.50. The van der Waals surface area contributed by atoms with Crippen molar-refractivity contribution in [2.45, 2.75) is 38.5 Å². The van der Waals surface area contributed by atoms with E-state index in [1.165, 1.54) is 6.92 Å². The van der Waals surface area contributed by atoms with Gasteiger partial charge in [0, 0.05) is 5.56 Å². The first-order valence-corrected chi connectivity index (χ1v) is 10.3. The number of nitrogens with zero attached hydrogens (tertiary/aromatic N) is 2. The highest BCUT2D eigenvalue weighted by atomic mass is 32.2. The van der Waals surface area contributed by atoms with Crippen LogP contribution in [-0.4, -0.2) is 33.7 Å². The van der Waals surface area contributed by atoms with Gasteiger partial charge in [-0.05, 0) is 44.9 Å². The second-order valence-corrected chi connectivity index (χ2v) is 7.89. The fraction of sp³-hybridized carbons (Fsp3) is 0.273. The van der Waals surface area contributed by atoms with E-state index in [1.807, 2.05) is 56.3 Å². The number of benzene rings is 2. The first-order valence-electron chi connectivity index (χ1n) is 9.29. The lowest BCUT2D eigenvalue weighted by molar-refractivity contribution is -0.125. The van der Waals surface area contributed by atoms with Crippen LogP contribution in [0.3, 0.4) is 0 Å². The molecule has 0 radical (unpaired) electrons. The number of carbonyl (C=O) groups is 2. The molecule has 3 aromatic rings. The van der Waals surface area contributed by atoms with Crippen LogP contribution in [0.15, 0.2) is 58.2 Å². The summed E-state index contributed by atoms with van der Waals surface area (Å²) in [5.41, 5.74) is 4.07. The summed E-state index contributed by atoms with van der Waals surface area (Å²) in [5, 5.41) is 11.2. The summed E-state index contributed by atoms with van der Waals surface area (Å²) in [4.78, 5) is 24.2. The molecule has 1 heterocycles. The Bertz CT molecular complexity index is 981. The van der Waals surface area contributed by atoms with Crippen molar-refractivity contribution < 1.29 is 14.0 Å². The predicted molar refractivity (Wildman–Crippen MR) is 113 cm³/mol. The maximum absolute atomic E-state index is 12.3. The molecule has 0 fully saturated rings. The van der Waals surface area contributed by atoms with E-state index >= 15 is 0 Å². The molecule has 1 N–H and O–H groups in total. The highest BCUT2D eigenvalue weighted by Gasteiger charge is 2.19. The van der Waals surface area contributed by atoms with Crippen LogP contribution >= 0.6 is 11.8 Å². The summed E-state index contributed by atoms with van der Waals surface area (Å²) in [5.74, 6) is 0.178. The Balaban J connectivity index is 1.57. The molecule has 2 aromatic carbocycles. The van der Waals surface area contributed by atoms with E-state index in [0.717, 1.165) is 34.0 Å². The Kier molecular flexibility index (Phi) is 6.82. The maximum atomic E-state index is 12.3. The number of aromatic nitrogens is 2. The van der Waals surface area contributed by atoms with Gasteiger partial charge in [-0.3, -0.25) is 9.59 Å². The number of amides is 1. The van der Waals surface area contributed by atoms with Crippen molar-refractivity contribution in [1.29, 1.82) is 0 Å². The number of rotatable bonds is 8. The lowest BCUT2D eigenvalue weighted by atomic mass is 10.0. The monoisotopic (exact) mass is 409 g/mol. The van der Waals surface area contributed by atoms with Gasteiger partial charge >= 0.3 is 0 Å². The summed E-state index contributed by atoms with van der Waals surface area (Å²) in [6, 6.07) is 15.1. The van der Waals surface area contributed by atoms with E-state index in [-0.39, 0.29) is 17.4 Å². The number of hydrogen-bond donors (Lipinski definition) is 1. The molecule has 0 aliphatic rings. The summed E-state index contributed by atoms with van der Waals surface area (Å²) in [6.07, 6.45) is 0.462. The Morgan fingerprint density at radius 1 is 1.07 bits per heavy atom. The first-order chi connectivity index (χ1) is 13.9. The molecule has 7 heteroatoms. The molecule has 3 rings (SSSR count). The zero-order chi connectivity index (χ0) is 20.8. The van der Waals surface area contributed by atoms with E-state index in [1.54, 1.807) is 0 Å². The SMILES string of the molecule is CC(=O)[C@@H](Cc1ccccc1)NC(=O)CSc1nnc(-c2cc(C)cc(C)c2)o1. The molecule has 0 bridgehead atoms. The first kappa shape index (κ1) is 20.8. The fourth-order valence-corrected chi connectivity index (χ4v) is 3.57. The van der Waals surface area contributed by atoms with Crippen molar-refractivity contribution in [3.63, 3.8) is 0 Å². The number of aryl methyl sites for hydroxylation is 2. The normalized spacial score (nSPS) is 11.8. The zero-order valence-corrected chi connectivity index (χ0v) is 17.5. The summed E-state index contributed by atoms with van der Waals surface area (Å²) < 4.78 is 5.67. The lowest BCUT2D eigenvalue weighted by Crippen LogP contribution is -2.42. The van der Waals surface area contributed by atoms with Crippen molar-refractivity contribution in [3.8, 4) is 11.5 Å². The van der Waals surface area contributed by atoms with Crippen LogP contribution < -0.4 is 5.32 Å². The third-order valence-electron chi connectivity index (χ3n) is 4.31. The molecule has 0 aliphatic heterocycles. The highest BCUT2D eigenvalue weighted by molar-refractivity contribution is 7.99. The van der Waals surface area contributed by atoms with Gasteiger partial charge < -0.3 is 9.73 Å². The maximum Gasteiger partial charge on any atom is 0.277 e. The van der Waals surface area contributed by atoms with Crippen LogP contribution in [0.2, 0.25) is 0 Å². The number of Topliss-reactive ketones (excluding diaryl/α,β-unsaturated/α-hetero) is 1. The van der Waals surface area contributed by atoms with Gasteiger partial charge in [0.05, 0.1) is 11.8 Å². The molecule has 150 valence electrons. The molecule has 6 nitrogen and oxygen atoms in total. The molecule has 0 saturated carbocycles. The minimum atomic E-state index is -0.556. The van der Waals surface area contributed by atoms with Gasteiger partial charge in [0.2, 0.25) is 11.8 Å². The standard InChI is InChI=1S/C22H23N3O3S/c1-14-9-15(2)11-18(10-14)21-24-25-22(28-21)29-13-20(27)23-19(16(3)26)12-17-7-5-4-6-8-17/h4-11,19H,12-13H2,1-3H3,(H,23,27)/t19-/m1/s1. The van der Waals surface area contributed by atoms with Crippen LogP contribution in [0, 0.1) is 13.8 Å². The van der Waals surface area contributed by atoms with Gasteiger partial charge in [0.25, 0.3) is 5.22 Å². The topological polar surface area (TPSA) is 85.1 Å². The van der Waals surface area contributed by atoms with Gasteiger partial charge in [-0.25, -0.2) is 0 Å². The minimum absolute atomic E-state index is 0.0814. The van der Waals surface area contributed by atoms with Crippen LogP contribution in [0.1, 0.15) is 23.6 Å². The summed E-state index contributed by atoms with van der Waals surface area (Å²) >= 11 is 1.15. The van der Waals surface area contributed by atoms with Crippen molar-refractivity contribution in [2.24, 2.45) is 0 Å². The number of ketones is 1. The highest BCUT2D eigenvalue weighted by Crippen LogP contribution is 2.24. The molecule has 1 aromatic heterocycles. The van der Waals surface area contributed by atoms with Crippen LogP contribution in [0.25, 0.3) is 11.5 Å². The van der Waals surface area contributed by atoms with Crippen LogP contribution in [-0.2, 0) is 16.0 Å². The average molecular weight is 410 g/mol. The van der Waals surface area contributed by atoms with Crippen LogP contribution in [0.4, 0.5) is 0 Å². The minimum Gasteiger partial charge on any atom is -0.411 e. The van der Waals surface area contributed by atoms with Crippen LogP contribution in [0.5, 0.6) is 0 Å². The second kappa shape index (κ2) is 9.52. The molecule has 0 unspecified atom stereocenters. The Hall–Kier alpha value is -2.93. The van der Waals surface area contributed by atoms with Gasteiger partial charge in [0.15, 0.2) is 5.78 Å². The molecular weight excluding hydrogens is 386 g/mol. The number of nitrogens with one attached hydrogen (secondary N) is 1. The number of hydrogen-bond acceptors (Lipinski definition) is 6. The average Bonchev–Trinajstić information content (AvgIpc) is 3.15. The van der Waals surface area contributed by atoms with E-state index < -0.39 is 6.04 Å². The van der Waals surface area contributed by atoms with Gasteiger partial charge in [-0.1, -0.05) is 59.3 Å². The predicted octanol–water partition coefficient (Wildman–Crippen LogP) is 3.76. The van der Waals surface area contributed by atoms with Gasteiger partial charge in [0.1, 0.15) is 0 Å². The van der Waals surface area contributed by atoms with Gasteiger partial charge in [-0.15, -0.1) is 10.2 Å². The zero-order valence-electron chi connectivity index (χ0n) is 16.6.